The first kappa shape index (κ1) is 14.8. The lowest BCUT2D eigenvalue weighted by Crippen LogP contribution is -2.38. The highest BCUT2D eigenvalue weighted by molar-refractivity contribution is 5.98. The third kappa shape index (κ3) is 3.28. The average molecular weight is 288 g/mol. The van der Waals surface area contributed by atoms with Gasteiger partial charge in [-0.05, 0) is 23.9 Å². The molecule has 0 fully saturated rings. The van der Waals surface area contributed by atoms with Crippen LogP contribution in [0.3, 0.4) is 0 Å². The molecule has 0 radical (unpaired) electrons. The molecule has 6 heteroatoms. The predicted octanol–water partition coefficient (Wildman–Crippen LogP) is 1.46. The Labute approximate surface area is 121 Å². The van der Waals surface area contributed by atoms with E-state index < -0.39 is 24.0 Å². The molecule has 0 aliphatic heterocycles. The second-order valence-electron chi connectivity index (χ2n) is 4.72. The number of aromatic nitrogens is 1. The summed E-state index contributed by atoms with van der Waals surface area (Å²) in [4.78, 5) is 39.0. The molecule has 21 heavy (non-hydrogen) atoms. The number of hydrogen-bond donors (Lipinski definition) is 2. The van der Waals surface area contributed by atoms with Gasteiger partial charge in [0, 0.05) is 12.1 Å². The lowest BCUT2D eigenvalue weighted by atomic mass is 10.1. The Kier molecular flexibility index (Phi) is 4.37. The molecule has 6 nitrogen and oxygen atoms in total. The van der Waals surface area contributed by atoms with E-state index in [9.17, 15) is 14.4 Å². The van der Waals surface area contributed by atoms with Gasteiger partial charge in [-0.15, -0.1) is 0 Å². The average Bonchev–Trinajstić information content (AvgIpc) is 2.45. The summed E-state index contributed by atoms with van der Waals surface area (Å²) in [6.45, 7) is 1.71. The van der Waals surface area contributed by atoms with Crippen molar-refractivity contribution in [3.63, 3.8) is 0 Å². The number of H-pyrrole nitrogens is 1. The highest BCUT2D eigenvalue weighted by Gasteiger charge is 2.20. The number of aromatic amines is 1. The summed E-state index contributed by atoms with van der Waals surface area (Å²) in [5.74, 6) is -1.67. The number of carboxylic acids is 1. The second-order valence-corrected chi connectivity index (χ2v) is 4.72. The molecule has 0 saturated carbocycles. The van der Waals surface area contributed by atoms with E-state index in [-0.39, 0.29) is 12.1 Å². The first-order valence-electron chi connectivity index (χ1n) is 6.66. The van der Waals surface area contributed by atoms with Gasteiger partial charge in [-0.25, -0.2) is 0 Å². The SMILES string of the molecule is CCCN(CC(=O)O)C(=O)c1cc2ccccc2[nH]c1=O. The standard InChI is InChI=1S/C15H16N2O4/c1-2-7-17(9-13(18)19)15(21)11-8-10-5-3-4-6-12(10)16-14(11)20/h3-6,8H,2,7,9H2,1H3,(H,16,20)(H,18,19). The van der Waals surface area contributed by atoms with Gasteiger partial charge in [-0.3, -0.25) is 14.4 Å². The Morgan fingerprint density at radius 2 is 2.00 bits per heavy atom. The van der Waals surface area contributed by atoms with Gasteiger partial charge in [-0.2, -0.15) is 0 Å². The number of carbonyl (C=O) groups excluding carboxylic acids is 1. The zero-order valence-corrected chi connectivity index (χ0v) is 11.6. The van der Waals surface area contributed by atoms with Crippen LogP contribution in [-0.2, 0) is 4.79 Å². The molecular weight excluding hydrogens is 272 g/mol. The molecule has 1 heterocycles. The van der Waals surface area contributed by atoms with Crippen molar-refractivity contribution in [3.8, 4) is 0 Å². The smallest absolute Gasteiger partial charge is 0.323 e. The normalized spacial score (nSPS) is 10.5. The van der Waals surface area contributed by atoms with Crippen molar-refractivity contribution in [3.05, 3.63) is 46.2 Å². The molecule has 1 amide bonds. The molecule has 0 unspecified atom stereocenters. The number of pyridine rings is 1. The molecule has 2 rings (SSSR count). The van der Waals surface area contributed by atoms with Crippen LogP contribution in [-0.4, -0.2) is 40.0 Å². The van der Waals surface area contributed by atoms with Gasteiger partial charge >= 0.3 is 5.97 Å². The van der Waals surface area contributed by atoms with E-state index >= 15 is 0 Å². The van der Waals surface area contributed by atoms with Crippen LogP contribution < -0.4 is 5.56 Å². The Balaban J connectivity index is 2.43. The summed E-state index contributed by atoms with van der Waals surface area (Å²) in [5, 5.41) is 9.60. The van der Waals surface area contributed by atoms with Crippen molar-refractivity contribution in [1.29, 1.82) is 0 Å². The van der Waals surface area contributed by atoms with E-state index in [0.29, 0.717) is 11.9 Å². The monoisotopic (exact) mass is 288 g/mol. The summed E-state index contributed by atoms with van der Waals surface area (Å²) in [6, 6.07) is 8.61. The van der Waals surface area contributed by atoms with Gasteiger partial charge in [-0.1, -0.05) is 25.1 Å². The fraction of sp³-hybridized carbons (Fsp3) is 0.267. The topological polar surface area (TPSA) is 90.5 Å². The van der Waals surface area contributed by atoms with E-state index in [2.05, 4.69) is 4.98 Å². The molecule has 0 spiro atoms. The first-order chi connectivity index (χ1) is 10.0. The summed E-state index contributed by atoms with van der Waals surface area (Å²) in [5.41, 5.74) is 0.0907. The van der Waals surface area contributed by atoms with E-state index in [1.54, 1.807) is 24.3 Å². The minimum absolute atomic E-state index is 0.0385. The van der Waals surface area contributed by atoms with Crippen LogP contribution in [0.4, 0.5) is 0 Å². The minimum atomic E-state index is -1.10. The maximum absolute atomic E-state index is 12.4. The lowest BCUT2D eigenvalue weighted by molar-refractivity contribution is -0.137. The summed E-state index contributed by atoms with van der Waals surface area (Å²) in [7, 11) is 0. The minimum Gasteiger partial charge on any atom is -0.480 e. The molecule has 0 saturated heterocycles. The number of amides is 1. The predicted molar refractivity (Wildman–Crippen MR) is 78.4 cm³/mol. The number of hydrogen-bond acceptors (Lipinski definition) is 3. The Bertz CT molecular complexity index is 736. The fourth-order valence-electron chi connectivity index (χ4n) is 2.16. The van der Waals surface area contributed by atoms with Crippen molar-refractivity contribution in [2.75, 3.05) is 13.1 Å². The maximum Gasteiger partial charge on any atom is 0.323 e. The highest BCUT2D eigenvalue weighted by Crippen LogP contribution is 2.11. The third-order valence-corrected chi connectivity index (χ3v) is 3.09. The number of nitrogens with zero attached hydrogens (tertiary/aromatic N) is 1. The Morgan fingerprint density at radius 3 is 2.67 bits per heavy atom. The number of fused-ring (bicyclic) bond motifs is 1. The molecular formula is C15H16N2O4. The van der Waals surface area contributed by atoms with Crippen LogP contribution in [0.1, 0.15) is 23.7 Å². The highest BCUT2D eigenvalue weighted by atomic mass is 16.4. The largest absolute Gasteiger partial charge is 0.480 e. The Hall–Kier alpha value is -2.63. The van der Waals surface area contributed by atoms with E-state index in [0.717, 1.165) is 5.39 Å². The lowest BCUT2D eigenvalue weighted by Gasteiger charge is -2.19. The quantitative estimate of drug-likeness (QED) is 0.871. The molecule has 0 aliphatic carbocycles. The van der Waals surface area contributed by atoms with Crippen molar-refractivity contribution in [2.45, 2.75) is 13.3 Å². The Morgan fingerprint density at radius 1 is 1.29 bits per heavy atom. The second kappa shape index (κ2) is 6.21. The van der Waals surface area contributed by atoms with Crippen LogP contribution in [0, 0.1) is 0 Å². The summed E-state index contributed by atoms with van der Waals surface area (Å²) in [6.07, 6.45) is 0.616. The number of para-hydroxylation sites is 1. The van der Waals surface area contributed by atoms with Crippen LogP contribution in [0.2, 0.25) is 0 Å². The molecule has 2 N–H and O–H groups in total. The summed E-state index contributed by atoms with van der Waals surface area (Å²) < 4.78 is 0. The molecule has 110 valence electrons. The van der Waals surface area contributed by atoms with Gasteiger partial charge in [0.05, 0.1) is 0 Å². The summed E-state index contributed by atoms with van der Waals surface area (Å²) >= 11 is 0. The van der Waals surface area contributed by atoms with Gasteiger partial charge in [0.15, 0.2) is 0 Å². The number of aliphatic carboxylic acids is 1. The number of carbonyl (C=O) groups is 2. The van der Waals surface area contributed by atoms with Crippen LogP contribution in [0.5, 0.6) is 0 Å². The van der Waals surface area contributed by atoms with Crippen molar-refractivity contribution in [1.82, 2.24) is 9.88 Å². The van der Waals surface area contributed by atoms with Crippen molar-refractivity contribution >= 4 is 22.8 Å². The van der Waals surface area contributed by atoms with E-state index in [1.807, 2.05) is 6.92 Å². The zero-order chi connectivity index (χ0) is 15.4. The van der Waals surface area contributed by atoms with Crippen LogP contribution >= 0.6 is 0 Å². The maximum atomic E-state index is 12.4. The van der Waals surface area contributed by atoms with E-state index in [4.69, 9.17) is 5.11 Å². The first-order valence-corrected chi connectivity index (χ1v) is 6.66. The van der Waals surface area contributed by atoms with Crippen LogP contribution in [0.15, 0.2) is 35.1 Å². The van der Waals surface area contributed by atoms with Gasteiger partial charge in [0.1, 0.15) is 12.1 Å². The van der Waals surface area contributed by atoms with Crippen molar-refractivity contribution in [2.24, 2.45) is 0 Å². The van der Waals surface area contributed by atoms with E-state index in [1.165, 1.54) is 11.0 Å². The molecule has 1 aromatic carbocycles. The number of rotatable bonds is 5. The van der Waals surface area contributed by atoms with Gasteiger partial charge in [0.2, 0.25) is 0 Å². The molecule has 1 aromatic heterocycles. The fourth-order valence-corrected chi connectivity index (χ4v) is 2.16. The number of carboxylic acid groups (broad SMARTS) is 1. The molecule has 0 aliphatic rings. The van der Waals surface area contributed by atoms with Crippen molar-refractivity contribution < 1.29 is 14.7 Å². The van der Waals surface area contributed by atoms with Gasteiger partial charge < -0.3 is 15.0 Å². The van der Waals surface area contributed by atoms with Crippen LogP contribution in [0.25, 0.3) is 10.9 Å². The molecule has 2 aromatic rings. The molecule has 0 atom stereocenters. The number of nitrogens with one attached hydrogen (secondary N) is 1. The third-order valence-electron chi connectivity index (χ3n) is 3.09. The van der Waals surface area contributed by atoms with Gasteiger partial charge in [0.25, 0.3) is 11.5 Å². The number of benzene rings is 1. The zero-order valence-electron chi connectivity index (χ0n) is 11.6. The molecule has 0 bridgehead atoms.